The minimum Gasteiger partial charge on any atom is -0.355 e. The highest BCUT2D eigenvalue weighted by Gasteiger charge is 2.25. The van der Waals surface area contributed by atoms with Gasteiger partial charge in [0.05, 0.1) is 6.07 Å². The Hall–Kier alpha value is -1.25. The monoisotopic (exact) mass is 250 g/mol. The van der Waals surface area contributed by atoms with E-state index in [2.05, 4.69) is 5.32 Å². The van der Waals surface area contributed by atoms with Crippen LogP contribution in [0.1, 0.15) is 39.0 Å². The van der Waals surface area contributed by atoms with Crippen molar-refractivity contribution in [1.29, 1.82) is 5.26 Å². The zero-order valence-corrected chi connectivity index (χ0v) is 9.81. The van der Waals surface area contributed by atoms with Gasteiger partial charge in [0.2, 0.25) is 5.91 Å². The molecule has 0 aliphatic carbocycles. The number of rotatable bonds is 7. The van der Waals surface area contributed by atoms with Crippen LogP contribution in [0.3, 0.4) is 0 Å². The van der Waals surface area contributed by atoms with Gasteiger partial charge >= 0.3 is 6.18 Å². The molecule has 0 saturated heterocycles. The summed E-state index contributed by atoms with van der Waals surface area (Å²) in [5, 5.41) is 11.2. The maximum atomic E-state index is 11.8. The van der Waals surface area contributed by atoms with Crippen LogP contribution >= 0.6 is 0 Å². The van der Waals surface area contributed by atoms with Gasteiger partial charge in [0.1, 0.15) is 5.92 Å². The smallest absolute Gasteiger partial charge is 0.355 e. The second-order valence-electron chi connectivity index (χ2n) is 3.83. The number of hydrogen-bond donors (Lipinski definition) is 1. The number of carbonyl (C=O) groups excluding carboxylic acids is 1. The number of nitriles is 1. The second kappa shape index (κ2) is 7.93. The predicted molar refractivity (Wildman–Crippen MR) is 56.9 cm³/mol. The Morgan fingerprint density at radius 1 is 1.41 bits per heavy atom. The van der Waals surface area contributed by atoms with E-state index >= 15 is 0 Å². The van der Waals surface area contributed by atoms with Crippen LogP contribution in [0, 0.1) is 17.2 Å². The van der Waals surface area contributed by atoms with Crippen molar-refractivity contribution < 1.29 is 18.0 Å². The van der Waals surface area contributed by atoms with Crippen LogP contribution in [0.15, 0.2) is 0 Å². The molecule has 1 amide bonds. The van der Waals surface area contributed by atoms with Crippen LogP contribution in [-0.4, -0.2) is 18.6 Å². The highest BCUT2D eigenvalue weighted by Crippen LogP contribution is 2.21. The molecule has 0 heterocycles. The van der Waals surface area contributed by atoms with Gasteiger partial charge in [-0.25, -0.2) is 0 Å². The van der Waals surface area contributed by atoms with Gasteiger partial charge in [-0.05, 0) is 19.3 Å². The first-order valence-electron chi connectivity index (χ1n) is 5.64. The average molecular weight is 250 g/mol. The van der Waals surface area contributed by atoms with Crippen LogP contribution in [0.5, 0.6) is 0 Å². The molecule has 0 spiro atoms. The summed E-state index contributed by atoms with van der Waals surface area (Å²) in [5.74, 6) is -1.08. The maximum Gasteiger partial charge on any atom is 0.389 e. The summed E-state index contributed by atoms with van der Waals surface area (Å²) in [5.41, 5.74) is 0. The fourth-order valence-electron chi connectivity index (χ4n) is 1.33. The SMILES string of the molecule is CCCC(C#N)C(=O)NCCCCC(F)(F)F. The van der Waals surface area contributed by atoms with Gasteiger partial charge in [0, 0.05) is 13.0 Å². The first-order chi connectivity index (χ1) is 7.90. The molecule has 17 heavy (non-hydrogen) atoms. The summed E-state index contributed by atoms with van der Waals surface area (Å²) in [6.45, 7) is 2.05. The van der Waals surface area contributed by atoms with E-state index in [0.29, 0.717) is 6.42 Å². The third-order valence-electron chi connectivity index (χ3n) is 2.24. The van der Waals surface area contributed by atoms with E-state index < -0.39 is 18.5 Å². The van der Waals surface area contributed by atoms with Crippen molar-refractivity contribution in [2.45, 2.75) is 45.2 Å². The van der Waals surface area contributed by atoms with Crippen LogP contribution < -0.4 is 5.32 Å². The average Bonchev–Trinajstić information content (AvgIpc) is 2.23. The molecule has 0 saturated carbocycles. The predicted octanol–water partition coefficient (Wildman–Crippen LogP) is 2.78. The molecular weight excluding hydrogens is 233 g/mol. The van der Waals surface area contributed by atoms with Crippen molar-refractivity contribution in [1.82, 2.24) is 5.32 Å². The molecule has 6 heteroatoms. The summed E-state index contributed by atoms with van der Waals surface area (Å²) < 4.78 is 35.4. The Morgan fingerprint density at radius 3 is 2.53 bits per heavy atom. The number of amides is 1. The molecule has 0 aromatic rings. The normalized spacial score (nSPS) is 12.9. The van der Waals surface area contributed by atoms with Crippen molar-refractivity contribution in [3.05, 3.63) is 0 Å². The Morgan fingerprint density at radius 2 is 2.06 bits per heavy atom. The number of carbonyl (C=O) groups is 1. The minimum absolute atomic E-state index is 0.00518. The quantitative estimate of drug-likeness (QED) is 0.706. The molecule has 1 unspecified atom stereocenters. The van der Waals surface area contributed by atoms with Crippen molar-refractivity contribution in [3.63, 3.8) is 0 Å². The van der Waals surface area contributed by atoms with E-state index in [1.54, 1.807) is 0 Å². The lowest BCUT2D eigenvalue weighted by Crippen LogP contribution is -2.30. The van der Waals surface area contributed by atoms with Gasteiger partial charge in [0.25, 0.3) is 0 Å². The molecule has 0 aromatic heterocycles. The van der Waals surface area contributed by atoms with E-state index in [1.165, 1.54) is 0 Å². The summed E-state index contributed by atoms with van der Waals surface area (Å²) in [7, 11) is 0. The molecule has 1 atom stereocenters. The number of hydrogen-bond acceptors (Lipinski definition) is 2. The summed E-state index contributed by atoms with van der Waals surface area (Å²) in [4.78, 5) is 11.4. The Kier molecular flexibility index (Phi) is 7.35. The lowest BCUT2D eigenvalue weighted by Gasteiger charge is -2.09. The standard InChI is InChI=1S/C11H17F3N2O/c1-2-5-9(8-15)10(17)16-7-4-3-6-11(12,13)14/h9H,2-7H2,1H3,(H,16,17). The Labute approximate surface area is 99.0 Å². The maximum absolute atomic E-state index is 11.8. The van der Waals surface area contributed by atoms with E-state index in [9.17, 15) is 18.0 Å². The fraction of sp³-hybridized carbons (Fsp3) is 0.818. The Balaban J connectivity index is 3.68. The number of unbranched alkanes of at least 4 members (excludes halogenated alkanes) is 1. The summed E-state index contributed by atoms with van der Waals surface area (Å²) >= 11 is 0. The van der Waals surface area contributed by atoms with Gasteiger partial charge in [-0.15, -0.1) is 0 Å². The molecule has 0 bridgehead atoms. The van der Waals surface area contributed by atoms with E-state index in [1.807, 2.05) is 13.0 Å². The van der Waals surface area contributed by atoms with E-state index in [4.69, 9.17) is 5.26 Å². The first-order valence-corrected chi connectivity index (χ1v) is 5.64. The fourth-order valence-corrected chi connectivity index (χ4v) is 1.33. The van der Waals surface area contributed by atoms with Crippen molar-refractivity contribution in [3.8, 4) is 6.07 Å². The highest BCUT2D eigenvalue weighted by molar-refractivity contribution is 5.80. The molecule has 98 valence electrons. The van der Waals surface area contributed by atoms with Gasteiger partial charge in [-0.1, -0.05) is 13.3 Å². The van der Waals surface area contributed by atoms with Crippen molar-refractivity contribution >= 4 is 5.91 Å². The molecule has 3 nitrogen and oxygen atoms in total. The largest absolute Gasteiger partial charge is 0.389 e. The van der Waals surface area contributed by atoms with Crippen LogP contribution in [-0.2, 0) is 4.79 Å². The Bertz CT molecular complexity index is 271. The minimum atomic E-state index is -4.14. The molecule has 0 radical (unpaired) electrons. The number of nitrogens with zero attached hydrogens (tertiary/aromatic N) is 1. The van der Waals surface area contributed by atoms with Crippen LogP contribution in [0.2, 0.25) is 0 Å². The number of nitrogens with one attached hydrogen (secondary N) is 1. The summed E-state index contributed by atoms with van der Waals surface area (Å²) in [6.07, 6.45) is -3.50. The molecule has 0 fully saturated rings. The summed E-state index contributed by atoms with van der Waals surface area (Å²) in [6, 6.07) is 1.88. The number of halogens is 3. The van der Waals surface area contributed by atoms with Crippen LogP contribution in [0.4, 0.5) is 13.2 Å². The molecule has 0 aromatic carbocycles. The van der Waals surface area contributed by atoms with Gasteiger partial charge in [-0.2, -0.15) is 18.4 Å². The topological polar surface area (TPSA) is 52.9 Å². The lowest BCUT2D eigenvalue weighted by atomic mass is 10.0. The van der Waals surface area contributed by atoms with Crippen molar-refractivity contribution in [2.24, 2.45) is 5.92 Å². The first kappa shape index (κ1) is 15.8. The van der Waals surface area contributed by atoms with Gasteiger partial charge in [-0.3, -0.25) is 4.79 Å². The molecule has 0 rings (SSSR count). The zero-order valence-electron chi connectivity index (χ0n) is 9.81. The lowest BCUT2D eigenvalue weighted by molar-refractivity contribution is -0.135. The number of alkyl halides is 3. The molecular formula is C11H17F3N2O. The second-order valence-corrected chi connectivity index (χ2v) is 3.83. The molecule has 1 N–H and O–H groups in total. The third kappa shape index (κ3) is 8.55. The van der Waals surface area contributed by atoms with Gasteiger partial charge in [0.15, 0.2) is 0 Å². The third-order valence-corrected chi connectivity index (χ3v) is 2.24. The van der Waals surface area contributed by atoms with E-state index in [-0.39, 0.29) is 25.3 Å². The van der Waals surface area contributed by atoms with Gasteiger partial charge < -0.3 is 5.32 Å². The van der Waals surface area contributed by atoms with Crippen LogP contribution in [0.25, 0.3) is 0 Å². The van der Waals surface area contributed by atoms with Crippen molar-refractivity contribution in [2.75, 3.05) is 6.54 Å². The highest BCUT2D eigenvalue weighted by atomic mass is 19.4. The molecule has 0 aliphatic rings. The van der Waals surface area contributed by atoms with E-state index in [0.717, 1.165) is 6.42 Å². The molecule has 0 aliphatic heterocycles. The zero-order chi connectivity index (χ0) is 13.3.